The van der Waals surface area contributed by atoms with Gasteiger partial charge in [0.2, 0.25) is 0 Å². The minimum Gasteiger partial charge on any atom is -0.0620 e. The Bertz CT molecular complexity index is 292. The number of hydrogen-bond donors (Lipinski definition) is 0. The quantitative estimate of drug-likeness (QED) is 0.537. The molecular weight excluding hydrogens is 306 g/mol. The topological polar surface area (TPSA) is 0 Å². The Balaban J connectivity index is 0.00000225. The van der Waals surface area contributed by atoms with E-state index in [2.05, 4.69) is 71.9 Å². The Hall–Kier alpha value is 0.312. The van der Waals surface area contributed by atoms with Gasteiger partial charge in [0.25, 0.3) is 0 Å². The van der Waals surface area contributed by atoms with E-state index >= 15 is 0 Å². The first kappa shape index (κ1) is 16.3. The van der Waals surface area contributed by atoms with Gasteiger partial charge in [-0.2, -0.15) is 0 Å². The first-order chi connectivity index (χ1) is 6.73. The molecule has 0 atom stereocenters. The van der Waals surface area contributed by atoms with Crippen molar-refractivity contribution in [2.75, 3.05) is 0 Å². The van der Waals surface area contributed by atoms with Crippen LogP contribution in [0.3, 0.4) is 0 Å². The van der Waals surface area contributed by atoms with Crippen molar-refractivity contribution in [3.8, 4) is 0 Å². The molecule has 0 fully saturated rings. The summed E-state index contributed by atoms with van der Waals surface area (Å²) in [5.41, 5.74) is 0. The van der Waals surface area contributed by atoms with Gasteiger partial charge in [-0.15, -0.1) is 0 Å². The molecule has 0 nitrogen and oxygen atoms in total. The monoisotopic (exact) mass is 329 g/mol. The summed E-state index contributed by atoms with van der Waals surface area (Å²) < 4.78 is 0. The number of rotatable bonds is 1. The first-order valence-corrected chi connectivity index (χ1v) is 7.16. The Morgan fingerprint density at radius 3 is 1.44 bits per heavy atom. The predicted molar refractivity (Wildman–Crippen MR) is 73.9 cm³/mol. The first-order valence-electron chi connectivity index (χ1n) is 5.66. The van der Waals surface area contributed by atoms with E-state index in [0.717, 1.165) is 0 Å². The van der Waals surface area contributed by atoms with Gasteiger partial charge in [0.1, 0.15) is 0 Å². The second kappa shape index (κ2) is 5.77. The molecular formula is C14H24PPd+. The Morgan fingerprint density at radius 2 is 1.12 bits per heavy atom. The molecule has 0 saturated heterocycles. The predicted octanol–water partition coefficient (Wildman–Crippen LogP) is 4.12. The molecule has 1 rings (SSSR count). The molecule has 0 N–H and O–H groups in total. The SMILES string of the molecule is CC(C)(C)[PH+](c1ccccc1)C(C)(C)C.[Pd]. The van der Waals surface area contributed by atoms with Gasteiger partial charge < -0.3 is 0 Å². The van der Waals surface area contributed by atoms with Gasteiger partial charge >= 0.3 is 0 Å². The van der Waals surface area contributed by atoms with Crippen molar-refractivity contribution in [3.63, 3.8) is 0 Å². The fourth-order valence-corrected chi connectivity index (χ4v) is 7.10. The van der Waals surface area contributed by atoms with Gasteiger partial charge in [0.15, 0.2) is 0 Å². The molecule has 0 radical (unpaired) electrons. The molecule has 94 valence electrons. The van der Waals surface area contributed by atoms with E-state index in [1.165, 1.54) is 0 Å². The van der Waals surface area contributed by atoms with Crippen molar-refractivity contribution in [1.82, 2.24) is 0 Å². The van der Waals surface area contributed by atoms with Crippen molar-refractivity contribution >= 4 is 13.2 Å². The zero-order chi connectivity index (χ0) is 11.7. The van der Waals surface area contributed by atoms with Gasteiger partial charge in [-0.25, -0.2) is 0 Å². The van der Waals surface area contributed by atoms with E-state index in [4.69, 9.17) is 0 Å². The zero-order valence-electron chi connectivity index (χ0n) is 11.2. The van der Waals surface area contributed by atoms with Crippen LogP contribution in [-0.2, 0) is 20.4 Å². The number of hydrogen-bond acceptors (Lipinski definition) is 0. The molecule has 0 aromatic heterocycles. The molecule has 0 aliphatic heterocycles. The van der Waals surface area contributed by atoms with E-state index < -0.39 is 7.92 Å². The molecule has 0 saturated carbocycles. The van der Waals surface area contributed by atoms with Crippen LogP contribution in [0.15, 0.2) is 30.3 Å². The van der Waals surface area contributed by atoms with Crippen molar-refractivity contribution in [2.24, 2.45) is 0 Å². The van der Waals surface area contributed by atoms with Gasteiger partial charge in [-0.3, -0.25) is 0 Å². The largest absolute Gasteiger partial charge is 0.0925 e. The van der Waals surface area contributed by atoms with Crippen LogP contribution in [0.2, 0.25) is 0 Å². The molecule has 16 heavy (non-hydrogen) atoms. The summed E-state index contributed by atoms with van der Waals surface area (Å²) in [6.45, 7) is 14.2. The summed E-state index contributed by atoms with van der Waals surface area (Å²) in [4.78, 5) is 0. The molecule has 0 heterocycles. The average molecular weight is 330 g/mol. The molecule has 0 bridgehead atoms. The van der Waals surface area contributed by atoms with Crippen LogP contribution in [0.5, 0.6) is 0 Å². The third-order valence-corrected chi connectivity index (χ3v) is 6.47. The van der Waals surface area contributed by atoms with E-state index in [-0.39, 0.29) is 20.4 Å². The van der Waals surface area contributed by atoms with Crippen molar-refractivity contribution in [3.05, 3.63) is 30.3 Å². The Morgan fingerprint density at radius 1 is 0.750 bits per heavy atom. The third kappa shape index (κ3) is 4.29. The molecule has 2 heteroatoms. The molecule has 0 unspecified atom stereocenters. The summed E-state index contributed by atoms with van der Waals surface area (Å²) in [7, 11) is -0.553. The average Bonchev–Trinajstić information content (AvgIpc) is 2.00. The number of benzene rings is 1. The second-order valence-corrected chi connectivity index (χ2v) is 10.6. The van der Waals surface area contributed by atoms with E-state index in [1.807, 2.05) is 0 Å². The molecule has 0 aliphatic carbocycles. The van der Waals surface area contributed by atoms with Crippen LogP contribution in [0.4, 0.5) is 0 Å². The minimum absolute atomic E-state index is 0. The maximum absolute atomic E-state index is 2.37. The summed E-state index contributed by atoms with van der Waals surface area (Å²) in [6.07, 6.45) is 0. The van der Waals surface area contributed by atoms with Gasteiger partial charge in [0, 0.05) is 28.3 Å². The Kier molecular flexibility index (Phi) is 5.88. The molecule has 1 aromatic carbocycles. The maximum Gasteiger partial charge on any atom is 0.0925 e. The van der Waals surface area contributed by atoms with Gasteiger partial charge in [-0.1, -0.05) is 18.2 Å². The summed E-state index contributed by atoms with van der Waals surface area (Å²) >= 11 is 0. The van der Waals surface area contributed by atoms with Crippen LogP contribution in [0.1, 0.15) is 41.5 Å². The summed E-state index contributed by atoms with van der Waals surface area (Å²) in [5, 5.41) is 2.37. The molecule has 1 aromatic rings. The normalized spacial score (nSPS) is 12.4. The van der Waals surface area contributed by atoms with Gasteiger partial charge in [-0.05, 0) is 53.7 Å². The van der Waals surface area contributed by atoms with E-state index in [1.54, 1.807) is 5.30 Å². The van der Waals surface area contributed by atoms with Crippen LogP contribution in [0.25, 0.3) is 0 Å². The van der Waals surface area contributed by atoms with Crippen LogP contribution in [0, 0.1) is 0 Å². The van der Waals surface area contributed by atoms with Crippen molar-refractivity contribution < 1.29 is 20.4 Å². The molecule has 0 amide bonds. The molecule has 0 spiro atoms. The smallest absolute Gasteiger partial charge is 0.0620 e. The van der Waals surface area contributed by atoms with Crippen LogP contribution in [-0.4, -0.2) is 10.3 Å². The summed E-state index contributed by atoms with van der Waals surface area (Å²) in [6, 6.07) is 11.0. The molecule has 0 aliphatic rings. The fourth-order valence-electron chi connectivity index (χ4n) is 2.60. The fraction of sp³-hybridized carbons (Fsp3) is 0.571. The van der Waals surface area contributed by atoms with E-state index in [9.17, 15) is 0 Å². The van der Waals surface area contributed by atoms with Crippen LogP contribution < -0.4 is 5.30 Å². The minimum atomic E-state index is -0.553. The van der Waals surface area contributed by atoms with Crippen LogP contribution >= 0.6 is 7.92 Å². The van der Waals surface area contributed by atoms with Crippen molar-refractivity contribution in [2.45, 2.75) is 51.9 Å². The van der Waals surface area contributed by atoms with Gasteiger partial charge in [0.05, 0.1) is 15.6 Å². The second-order valence-electron chi connectivity index (χ2n) is 6.24. The maximum atomic E-state index is 2.37. The Labute approximate surface area is 116 Å². The zero-order valence-corrected chi connectivity index (χ0v) is 13.8. The van der Waals surface area contributed by atoms with E-state index in [0.29, 0.717) is 10.3 Å². The summed E-state index contributed by atoms with van der Waals surface area (Å²) in [5.74, 6) is 0. The standard InChI is InChI=1S/C14H23P.Pd/c1-13(2,3)15(14(4,5)6)12-10-8-7-9-11-12;/h7-11H,1-6H3;/p+1. The third-order valence-electron chi connectivity index (χ3n) is 2.56. The van der Waals surface area contributed by atoms with Crippen molar-refractivity contribution in [1.29, 1.82) is 0 Å².